The van der Waals surface area contributed by atoms with Gasteiger partial charge in [0.2, 0.25) is 15.9 Å². The third kappa shape index (κ3) is 5.27. The van der Waals surface area contributed by atoms with Gasteiger partial charge in [-0.1, -0.05) is 26.0 Å². The molecule has 0 radical (unpaired) electrons. The summed E-state index contributed by atoms with van der Waals surface area (Å²) in [6.07, 6.45) is 8.07. The molecule has 29 heavy (non-hydrogen) atoms. The summed E-state index contributed by atoms with van der Waals surface area (Å²) >= 11 is 0. The number of rotatable bonds is 8. The standard InChI is InChI=1S/C22H33N3O3S/c1-3-24(4-2)29(27,28)21-12-9-19(10-13-21)11-14-22(26)25-17-7-8-20(25)18-23-15-5-6-16-23/h9-14,20H,3-8,15-18H2,1-2H3/b14-11+. The van der Waals surface area contributed by atoms with Crippen molar-refractivity contribution in [2.24, 2.45) is 0 Å². The van der Waals surface area contributed by atoms with Crippen molar-refractivity contribution in [3.63, 3.8) is 0 Å². The zero-order chi connectivity index (χ0) is 20.9. The molecule has 0 saturated carbocycles. The Morgan fingerprint density at radius 3 is 2.34 bits per heavy atom. The number of hydrogen-bond donors (Lipinski definition) is 0. The minimum atomic E-state index is -3.45. The van der Waals surface area contributed by atoms with E-state index in [0.717, 1.165) is 44.6 Å². The van der Waals surface area contributed by atoms with Crippen LogP contribution in [0.3, 0.4) is 0 Å². The average molecular weight is 420 g/mol. The van der Waals surface area contributed by atoms with E-state index in [-0.39, 0.29) is 10.8 Å². The highest BCUT2D eigenvalue weighted by molar-refractivity contribution is 7.89. The minimum absolute atomic E-state index is 0.0477. The quantitative estimate of drug-likeness (QED) is 0.608. The maximum atomic E-state index is 12.7. The second-order valence-electron chi connectivity index (χ2n) is 7.83. The van der Waals surface area contributed by atoms with Crippen molar-refractivity contribution in [2.45, 2.75) is 50.5 Å². The molecule has 3 rings (SSSR count). The maximum absolute atomic E-state index is 12.7. The van der Waals surface area contributed by atoms with Crippen molar-refractivity contribution >= 4 is 22.0 Å². The van der Waals surface area contributed by atoms with Gasteiger partial charge in [-0.15, -0.1) is 0 Å². The minimum Gasteiger partial charge on any atom is -0.335 e. The number of sulfonamides is 1. The van der Waals surface area contributed by atoms with Crippen LogP contribution >= 0.6 is 0 Å². The maximum Gasteiger partial charge on any atom is 0.246 e. The van der Waals surface area contributed by atoms with E-state index < -0.39 is 10.0 Å². The second-order valence-corrected chi connectivity index (χ2v) is 9.77. The topological polar surface area (TPSA) is 60.9 Å². The summed E-state index contributed by atoms with van der Waals surface area (Å²) in [5, 5.41) is 0. The Kier molecular flexibility index (Phi) is 7.49. The van der Waals surface area contributed by atoms with Gasteiger partial charge in [0.25, 0.3) is 0 Å². The summed E-state index contributed by atoms with van der Waals surface area (Å²) in [5.41, 5.74) is 0.826. The van der Waals surface area contributed by atoms with E-state index in [2.05, 4.69) is 4.90 Å². The molecule has 0 spiro atoms. The third-order valence-electron chi connectivity index (χ3n) is 5.97. The van der Waals surface area contributed by atoms with Crippen molar-refractivity contribution in [3.8, 4) is 0 Å². The molecule has 160 valence electrons. The van der Waals surface area contributed by atoms with Gasteiger partial charge in [-0.2, -0.15) is 4.31 Å². The second kappa shape index (κ2) is 9.87. The Balaban J connectivity index is 1.62. The van der Waals surface area contributed by atoms with Gasteiger partial charge in [0.05, 0.1) is 4.90 Å². The molecule has 2 heterocycles. The fraction of sp³-hybridized carbons (Fsp3) is 0.591. The van der Waals surface area contributed by atoms with E-state index in [1.807, 2.05) is 18.7 Å². The highest BCUT2D eigenvalue weighted by atomic mass is 32.2. The van der Waals surface area contributed by atoms with Crippen molar-refractivity contribution in [3.05, 3.63) is 35.9 Å². The van der Waals surface area contributed by atoms with Crippen LogP contribution < -0.4 is 0 Å². The molecular formula is C22H33N3O3S. The van der Waals surface area contributed by atoms with E-state index in [0.29, 0.717) is 19.1 Å². The number of carbonyl (C=O) groups excluding carboxylic acids is 1. The highest BCUT2D eigenvalue weighted by Crippen LogP contribution is 2.21. The molecule has 1 atom stereocenters. The Hall–Kier alpha value is -1.70. The van der Waals surface area contributed by atoms with Crippen LogP contribution in [-0.2, 0) is 14.8 Å². The molecule has 2 aliphatic rings. The van der Waals surface area contributed by atoms with Gasteiger partial charge in [0.15, 0.2) is 0 Å². The van der Waals surface area contributed by atoms with E-state index in [1.54, 1.807) is 36.4 Å². The SMILES string of the molecule is CCN(CC)S(=O)(=O)c1ccc(/C=C/C(=O)N2CCCC2CN2CCCC2)cc1. The van der Waals surface area contributed by atoms with Crippen molar-refractivity contribution < 1.29 is 13.2 Å². The Labute approximate surface area is 175 Å². The number of carbonyl (C=O) groups is 1. The molecule has 1 amide bonds. The summed E-state index contributed by atoms with van der Waals surface area (Å²) in [5.74, 6) is 0.0477. The molecule has 0 N–H and O–H groups in total. The Morgan fingerprint density at radius 2 is 1.72 bits per heavy atom. The molecule has 1 aromatic carbocycles. The molecule has 0 aliphatic carbocycles. The van der Waals surface area contributed by atoms with E-state index in [1.165, 1.54) is 17.1 Å². The van der Waals surface area contributed by atoms with Gasteiger partial charge >= 0.3 is 0 Å². The molecule has 6 nitrogen and oxygen atoms in total. The number of hydrogen-bond acceptors (Lipinski definition) is 4. The molecule has 1 aromatic rings. The molecule has 2 aliphatic heterocycles. The van der Waals surface area contributed by atoms with Crippen molar-refractivity contribution in [1.29, 1.82) is 0 Å². The van der Waals surface area contributed by atoms with Gasteiger partial charge in [0.1, 0.15) is 0 Å². The smallest absolute Gasteiger partial charge is 0.246 e. The summed E-state index contributed by atoms with van der Waals surface area (Å²) in [7, 11) is -3.45. The molecule has 1 unspecified atom stereocenters. The predicted octanol–water partition coefficient (Wildman–Crippen LogP) is 2.82. The molecule has 2 saturated heterocycles. The molecule has 0 aromatic heterocycles. The van der Waals surface area contributed by atoms with Gasteiger partial charge in [-0.3, -0.25) is 4.79 Å². The molecule has 0 bridgehead atoms. The normalized spacial score (nSPS) is 20.9. The molecule has 2 fully saturated rings. The summed E-state index contributed by atoms with van der Waals surface area (Å²) < 4.78 is 26.6. The Bertz CT molecular complexity index is 810. The molecular weight excluding hydrogens is 386 g/mol. The highest BCUT2D eigenvalue weighted by Gasteiger charge is 2.29. The lowest BCUT2D eigenvalue weighted by Crippen LogP contribution is -2.41. The fourth-order valence-electron chi connectivity index (χ4n) is 4.31. The summed E-state index contributed by atoms with van der Waals surface area (Å²) in [4.78, 5) is 17.5. The lowest BCUT2D eigenvalue weighted by molar-refractivity contribution is -0.127. The van der Waals surface area contributed by atoms with Crippen LogP contribution in [0.15, 0.2) is 35.2 Å². The lowest BCUT2D eigenvalue weighted by atomic mass is 10.2. The van der Waals surface area contributed by atoms with E-state index >= 15 is 0 Å². The van der Waals surface area contributed by atoms with E-state index in [4.69, 9.17) is 0 Å². The zero-order valence-electron chi connectivity index (χ0n) is 17.6. The van der Waals surface area contributed by atoms with Crippen molar-refractivity contribution in [2.75, 3.05) is 39.3 Å². The first-order valence-corrected chi connectivity index (χ1v) is 12.2. The molecule has 7 heteroatoms. The number of amides is 1. The van der Waals surface area contributed by atoms with Crippen LogP contribution in [0.2, 0.25) is 0 Å². The van der Waals surface area contributed by atoms with Gasteiger partial charge in [-0.25, -0.2) is 8.42 Å². The first-order valence-electron chi connectivity index (χ1n) is 10.8. The first-order chi connectivity index (χ1) is 14.0. The average Bonchev–Trinajstić information content (AvgIpc) is 3.40. The van der Waals surface area contributed by atoms with Gasteiger partial charge in [-0.05, 0) is 62.5 Å². The number of likely N-dealkylation sites (tertiary alicyclic amines) is 2. The van der Waals surface area contributed by atoms with Crippen LogP contribution in [0.25, 0.3) is 6.08 Å². The first kappa shape index (κ1) is 22.0. The van der Waals surface area contributed by atoms with Gasteiger partial charge in [0, 0.05) is 38.3 Å². The summed E-state index contributed by atoms with van der Waals surface area (Å²) in [6, 6.07) is 7.05. The Morgan fingerprint density at radius 1 is 1.07 bits per heavy atom. The van der Waals surface area contributed by atoms with Crippen LogP contribution in [0.4, 0.5) is 0 Å². The third-order valence-corrected chi connectivity index (χ3v) is 8.03. The fourth-order valence-corrected chi connectivity index (χ4v) is 5.76. The summed E-state index contributed by atoms with van der Waals surface area (Å²) in [6.45, 7) is 8.67. The van der Waals surface area contributed by atoms with E-state index in [9.17, 15) is 13.2 Å². The zero-order valence-corrected chi connectivity index (χ0v) is 18.4. The van der Waals surface area contributed by atoms with Crippen LogP contribution in [-0.4, -0.2) is 73.7 Å². The van der Waals surface area contributed by atoms with Crippen LogP contribution in [0.5, 0.6) is 0 Å². The lowest BCUT2D eigenvalue weighted by Gasteiger charge is -2.27. The van der Waals surface area contributed by atoms with Crippen LogP contribution in [0.1, 0.15) is 45.1 Å². The number of nitrogens with zero attached hydrogens (tertiary/aromatic N) is 3. The monoisotopic (exact) mass is 419 g/mol. The largest absolute Gasteiger partial charge is 0.335 e. The van der Waals surface area contributed by atoms with Crippen LogP contribution in [0, 0.1) is 0 Å². The van der Waals surface area contributed by atoms with Gasteiger partial charge < -0.3 is 9.80 Å². The predicted molar refractivity (Wildman–Crippen MR) is 116 cm³/mol. The van der Waals surface area contributed by atoms with Crippen molar-refractivity contribution in [1.82, 2.24) is 14.1 Å². The number of benzene rings is 1.